The average Bonchev–Trinajstić information content (AvgIpc) is 2.76. The Kier molecular flexibility index (Phi) is 8.15. The minimum absolute atomic E-state index is 0.208. The molecule has 1 saturated heterocycles. The van der Waals surface area contributed by atoms with Crippen LogP contribution in [0.1, 0.15) is 39.3 Å². The van der Waals surface area contributed by atoms with Crippen LogP contribution in [-0.4, -0.2) is 67.0 Å². The number of alkyl carbamates (subject to hydrolysis) is 1. The number of benzene rings is 1. The number of likely N-dealkylation sites (tertiary alicyclic amines) is 1. The van der Waals surface area contributed by atoms with Crippen LogP contribution in [0.25, 0.3) is 16.3 Å². The van der Waals surface area contributed by atoms with Crippen LogP contribution in [0.3, 0.4) is 0 Å². The van der Waals surface area contributed by atoms with E-state index in [0.29, 0.717) is 10.8 Å². The Morgan fingerprint density at radius 1 is 1.17 bits per heavy atom. The molecule has 0 radical (unpaired) electrons. The topological polar surface area (TPSA) is 78.5 Å². The van der Waals surface area contributed by atoms with Crippen LogP contribution in [-0.2, 0) is 4.74 Å². The van der Waals surface area contributed by atoms with Gasteiger partial charge in [-0.3, -0.25) is 0 Å². The molecule has 3 N–H and O–H groups in total. The van der Waals surface area contributed by atoms with Gasteiger partial charge in [0, 0.05) is 35.6 Å². The van der Waals surface area contributed by atoms with Crippen molar-refractivity contribution in [1.29, 1.82) is 0 Å². The molecule has 1 fully saturated rings. The molecule has 2 aromatic rings. The highest BCUT2D eigenvalue weighted by molar-refractivity contribution is 6.01. The Labute approximate surface area is 204 Å². The third-order valence-corrected chi connectivity index (χ3v) is 5.68. The van der Waals surface area contributed by atoms with Crippen LogP contribution in [0.4, 0.5) is 29.5 Å². The van der Waals surface area contributed by atoms with Gasteiger partial charge in [-0.2, -0.15) is 13.2 Å². The Bertz CT molecular complexity index is 1060. The minimum atomic E-state index is -4.62. The number of alkyl halides is 3. The summed E-state index contributed by atoms with van der Waals surface area (Å²) in [6, 6.07) is 7.19. The van der Waals surface area contributed by atoms with Crippen molar-refractivity contribution in [3.8, 4) is 0 Å². The summed E-state index contributed by atoms with van der Waals surface area (Å²) in [6.07, 6.45) is -3.29. The van der Waals surface area contributed by atoms with E-state index in [4.69, 9.17) is 4.74 Å². The third kappa shape index (κ3) is 7.48. The Morgan fingerprint density at radius 3 is 2.49 bits per heavy atom. The summed E-state index contributed by atoms with van der Waals surface area (Å²) >= 11 is 0. The van der Waals surface area contributed by atoms with E-state index < -0.39 is 23.4 Å². The molecule has 1 aromatic carbocycles. The lowest BCUT2D eigenvalue weighted by Crippen LogP contribution is -2.36. The first-order chi connectivity index (χ1) is 16.3. The highest BCUT2D eigenvalue weighted by Gasteiger charge is 2.35. The largest absolute Gasteiger partial charge is 0.444 e. The standard InChI is InChI=1S/C25H34F3N5O2/c1-16(25(26,27)28)22-18-7-6-8-20(31-17-9-13-33(5)14-10-17)19(18)15-21(32-22)29-11-12-30-23(34)35-24(2,3)4/h6-8,15,17,31H,1,9-14H2,2-5H3,(H,29,32)(H,30,34). The zero-order chi connectivity index (χ0) is 25.8. The van der Waals surface area contributed by atoms with Crippen LogP contribution in [0.2, 0.25) is 0 Å². The second-order valence-corrected chi connectivity index (χ2v) is 9.81. The number of carbonyl (C=O) groups is 1. The van der Waals surface area contributed by atoms with Crippen molar-refractivity contribution >= 4 is 33.9 Å². The predicted octanol–water partition coefficient (Wildman–Crippen LogP) is 5.25. The number of anilines is 2. The van der Waals surface area contributed by atoms with E-state index in [0.717, 1.165) is 31.6 Å². The molecule has 7 nitrogen and oxygen atoms in total. The fourth-order valence-electron chi connectivity index (χ4n) is 3.90. The number of fused-ring (bicyclic) bond motifs is 1. The summed E-state index contributed by atoms with van der Waals surface area (Å²) in [5.41, 5.74) is -1.09. The molecule has 10 heteroatoms. The molecular weight excluding hydrogens is 459 g/mol. The van der Waals surface area contributed by atoms with Gasteiger partial charge in [0.25, 0.3) is 0 Å². The molecule has 1 aromatic heterocycles. The number of allylic oxidation sites excluding steroid dienone is 1. The number of nitrogens with zero attached hydrogens (tertiary/aromatic N) is 2. The molecule has 35 heavy (non-hydrogen) atoms. The van der Waals surface area contributed by atoms with Gasteiger partial charge in [-0.25, -0.2) is 9.78 Å². The molecule has 3 rings (SSSR count). The maximum Gasteiger partial charge on any atom is 0.417 e. The number of pyridine rings is 1. The summed E-state index contributed by atoms with van der Waals surface area (Å²) in [5.74, 6) is 0.265. The first-order valence-corrected chi connectivity index (χ1v) is 11.7. The van der Waals surface area contributed by atoms with Crippen molar-refractivity contribution in [2.75, 3.05) is 43.9 Å². The molecule has 192 valence electrons. The van der Waals surface area contributed by atoms with E-state index in [1.165, 1.54) is 0 Å². The number of piperidine rings is 1. The fourth-order valence-corrected chi connectivity index (χ4v) is 3.90. The number of hydrogen-bond acceptors (Lipinski definition) is 6. The van der Waals surface area contributed by atoms with Crippen LogP contribution in [0.5, 0.6) is 0 Å². The molecular formula is C25H34F3N5O2. The maximum absolute atomic E-state index is 13.6. The molecule has 0 aliphatic carbocycles. The van der Waals surface area contributed by atoms with Crippen LogP contribution in [0, 0.1) is 0 Å². The van der Waals surface area contributed by atoms with E-state index in [-0.39, 0.29) is 30.6 Å². The van der Waals surface area contributed by atoms with Crippen molar-refractivity contribution in [3.63, 3.8) is 0 Å². The van der Waals surface area contributed by atoms with Gasteiger partial charge in [0.2, 0.25) is 0 Å². The molecule has 0 atom stereocenters. The number of hydrogen-bond donors (Lipinski definition) is 3. The number of amides is 1. The van der Waals surface area contributed by atoms with Crippen molar-refractivity contribution in [3.05, 3.63) is 36.5 Å². The molecule has 0 bridgehead atoms. The summed E-state index contributed by atoms with van der Waals surface area (Å²) in [4.78, 5) is 18.3. The summed E-state index contributed by atoms with van der Waals surface area (Å²) in [7, 11) is 2.07. The maximum atomic E-state index is 13.6. The third-order valence-electron chi connectivity index (χ3n) is 5.68. The van der Waals surface area contributed by atoms with Gasteiger partial charge in [-0.1, -0.05) is 18.7 Å². The minimum Gasteiger partial charge on any atom is -0.444 e. The van der Waals surface area contributed by atoms with E-state index in [2.05, 4.69) is 39.5 Å². The van der Waals surface area contributed by atoms with Crippen molar-refractivity contribution in [1.82, 2.24) is 15.2 Å². The zero-order valence-electron chi connectivity index (χ0n) is 20.7. The first kappa shape index (κ1) is 26.6. The van der Waals surface area contributed by atoms with Gasteiger partial charge < -0.3 is 25.6 Å². The summed E-state index contributed by atoms with van der Waals surface area (Å²) < 4.78 is 46.0. The van der Waals surface area contributed by atoms with E-state index in [9.17, 15) is 18.0 Å². The van der Waals surface area contributed by atoms with Gasteiger partial charge in [0.15, 0.2) is 0 Å². The number of carbonyl (C=O) groups excluding carboxylic acids is 1. The SMILES string of the molecule is C=C(c1nc(NCCNC(=O)OC(C)(C)C)cc2c(NC3CCN(C)CC3)cccc12)C(F)(F)F. The smallest absolute Gasteiger partial charge is 0.417 e. The zero-order valence-corrected chi connectivity index (χ0v) is 20.7. The van der Waals surface area contributed by atoms with Crippen molar-refractivity contribution < 1.29 is 22.7 Å². The molecule has 0 saturated carbocycles. The van der Waals surface area contributed by atoms with Gasteiger partial charge in [-0.05, 0) is 65.9 Å². The molecule has 2 heterocycles. The number of aromatic nitrogens is 1. The predicted molar refractivity (Wildman–Crippen MR) is 134 cm³/mol. The van der Waals surface area contributed by atoms with Gasteiger partial charge >= 0.3 is 12.3 Å². The van der Waals surface area contributed by atoms with E-state index >= 15 is 0 Å². The van der Waals surface area contributed by atoms with Gasteiger partial charge in [0.1, 0.15) is 11.4 Å². The number of halogens is 3. The Hall–Kier alpha value is -3.01. The van der Waals surface area contributed by atoms with Crippen LogP contribution >= 0.6 is 0 Å². The number of ether oxygens (including phenoxy) is 1. The van der Waals surface area contributed by atoms with Crippen molar-refractivity contribution in [2.45, 2.75) is 51.4 Å². The monoisotopic (exact) mass is 493 g/mol. The van der Waals surface area contributed by atoms with E-state index in [1.54, 1.807) is 39.0 Å². The summed E-state index contributed by atoms with van der Waals surface area (Å²) in [5, 5.41) is 10.1. The van der Waals surface area contributed by atoms with E-state index in [1.807, 2.05) is 6.07 Å². The molecule has 1 aliphatic rings. The van der Waals surface area contributed by atoms with Crippen LogP contribution < -0.4 is 16.0 Å². The highest BCUT2D eigenvalue weighted by Crippen LogP contribution is 2.38. The second-order valence-electron chi connectivity index (χ2n) is 9.81. The Morgan fingerprint density at radius 2 is 1.86 bits per heavy atom. The number of rotatable bonds is 7. The Balaban J connectivity index is 1.84. The molecule has 1 amide bonds. The second kappa shape index (κ2) is 10.7. The summed E-state index contributed by atoms with van der Waals surface area (Å²) in [6.45, 7) is 10.9. The quantitative estimate of drug-likeness (QED) is 0.457. The normalized spacial score (nSPS) is 15.6. The number of nitrogens with one attached hydrogen (secondary N) is 3. The molecule has 1 aliphatic heterocycles. The fraction of sp³-hybridized carbons (Fsp3) is 0.520. The van der Waals surface area contributed by atoms with Crippen molar-refractivity contribution in [2.24, 2.45) is 0 Å². The lowest BCUT2D eigenvalue weighted by molar-refractivity contribution is -0.0688. The lowest BCUT2D eigenvalue weighted by Gasteiger charge is -2.30. The average molecular weight is 494 g/mol. The lowest BCUT2D eigenvalue weighted by atomic mass is 10.0. The van der Waals surface area contributed by atoms with Gasteiger partial charge in [-0.15, -0.1) is 0 Å². The first-order valence-electron chi connectivity index (χ1n) is 11.7. The molecule has 0 spiro atoms. The van der Waals surface area contributed by atoms with Crippen LogP contribution in [0.15, 0.2) is 30.8 Å². The van der Waals surface area contributed by atoms with Gasteiger partial charge in [0.05, 0.1) is 11.3 Å². The molecule has 0 unspecified atom stereocenters. The highest BCUT2D eigenvalue weighted by atomic mass is 19.4.